The van der Waals surface area contributed by atoms with Crippen LogP contribution in [0.3, 0.4) is 0 Å². The van der Waals surface area contributed by atoms with Crippen LogP contribution in [0.25, 0.3) is 11.0 Å². The number of nitrogens with zero attached hydrogens (tertiary/aromatic N) is 4. The topological polar surface area (TPSA) is 70.5 Å². The van der Waals surface area contributed by atoms with E-state index in [1.54, 1.807) is 4.57 Å². The zero-order chi connectivity index (χ0) is 20.9. The lowest BCUT2D eigenvalue weighted by molar-refractivity contribution is -0.125. The zero-order valence-corrected chi connectivity index (χ0v) is 18.0. The van der Waals surface area contributed by atoms with Crippen molar-refractivity contribution < 1.29 is 4.79 Å². The summed E-state index contributed by atoms with van der Waals surface area (Å²) in [5.74, 6) is 0.484. The van der Waals surface area contributed by atoms with Crippen molar-refractivity contribution in [3.05, 3.63) is 34.6 Å². The summed E-state index contributed by atoms with van der Waals surface area (Å²) in [6.45, 7) is 7.81. The number of anilines is 1. The van der Waals surface area contributed by atoms with Crippen LogP contribution in [0.1, 0.15) is 39.0 Å². The number of amides is 1. The van der Waals surface area contributed by atoms with E-state index in [9.17, 15) is 9.59 Å². The third kappa shape index (κ3) is 4.51. The number of nitrogens with one attached hydrogen (secondary N) is 1. The third-order valence-corrected chi connectivity index (χ3v) is 6.42. The first-order valence-electron chi connectivity index (χ1n) is 11.4. The van der Waals surface area contributed by atoms with Gasteiger partial charge in [-0.3, -0.25) is 9.59 Å². The molecule has 0 saturated carbocycles. The summed E-state index contributed by atoms with van der Waals surface area (Å²) in [6, 6.07) is 7.75. The van der Waals surface area contributed by atoms with Crippen LogP contribution in [0.5, 0.6) is 0 Å². The monoisotopic (exact) mass is 411 g/mol. The third-order valence-electron chi connectivity index (χ3n) is 6.42. The van der Waals surface area contributed by atoms with Gasteiger partial charge in [0.25, 0.3) is 5.56 Å². The number of likely N-dealkylation sites (tertiary alicyclic amines) is 1. The van der Waals surface area contributed by atoms with Crippen LogP contribution in [0, 0.1) is 5.92 Å². The van der Waals surface area contributed by atoms with Crippen LogP contribution >= 0.6 is 0 Å². The molecule has 0 aliphatic carbocycles. The number of aromatic nitrogens is 2. The molecular formula is C23H33N5O2. The van der Waals surface area contributed by atoms with Crippen molar-refractivity contribution in [3.63, 3.8) is 0 Å². The number of carbonyl (C=O) groups excluding carboxylic acids is 1. The molecule has 1 aromatic carbocycles. The van der Waals surface area contributed by atoms with E-state index >= 15 is 0 Å². The van der Waals surface area contributed by atoms with Crippen molar-refractivity contribution in [1.29, 1.82) is 0 Å². The molecule has 3 heterocycles. The van der Waals surface area contributed by atoms with Crippen molar-refractivity contribution >= 4 is 22.8 Å². The highest BCUT2D eigenvalue weighted by Gasteiger charge is 2.28. The molecule has 1 unspecified atom stereocenters. The predicted octanol–water partition coefficient (Wildman–Crippen LogP) is 2.23. The minimum atomic E-state index is -0.0946. The van der Waals surface area contributed by atoms with Gasteiger partial charge in [-0.2, -0.15) is 0 Å². The second-order valence-electron chi connectivity index (χ2n) is 8.45. The van der Waals surface area contributed by atoms with Gasteiger partial charge in [0.15, 0.2) is 5.82 Å². The maximum Gasteiger partial charge on any atom is 0.293 e. The molecule has 0 bridgehead atoms. The van der Waals surface area contributed by atoms with Crippen molar-refractivity contribution in [2.24, 2.45) is 5.92 Å². The smallest absolute Gasteiger partial charge is 0.293 e. The molecule has 7 nitrogen and oxygen atoms in total. The highest BCUT2D eigenvalue weighted by atomic mass is 16.2. The number of aryl methyl sites for hydroxylation is 1. The lowest BCUT2D eigenvalue weighted by Gasteiger charge is -2.33. The summed E-state index contributed by atoms with van der Waals surface area (Å²) in [6.07, 6.45) is 5.61. The SMILES string of the molecule is CCn1c(=O)c(N2CCCC(C(=O)NCCN3CCCCC3)C2)nc2ccccc21. The van der Waals surface area contributed by atoms with Crippen LogP contribution in [0.2, 0.25) is 0 Å². The summed E-state index contributed by atoms with van der Waals surface area (Å²) >= 11 is 0. The summed E-state index contributed by atoms with van der Waals surface area (Å²) in [5, 5.41) is 3.13. The van der Waals surface area contributed by atoms with E-state index in [1.807, 2.05) is 36.1 Å². The Kier molecular flexibility index (Phi) is 6.67. The van der Waals surface area contributed by atoms with Gasteiger partial charge in [0.2, 0.25) is 5.91 Å². The molecule has 1 amide bonds. The van der Waals surface area contributed by atoms with E-state index in [-0.39, 0.29) is 17.4 Å². The van der Waals surface area contributed by atoms with Crippen molar-refractivity contribution in [2.75, 3.05) is 44.2 Å². The lowest BCUT2D eigenvalue weighted by atomic mass is 9.97. The molecule has 1 aromatic heterocycles. The highest BCUT2D eigenvalue weighted by molar-refractivity contribution is 5.80. The normalized spacial score (nSPS) is 20.4. The van der Waals surface area contributed by atoms with Gasteiger partial charge in [-0.25, -0.2) is 4.98 Å². The molecular weight excluding hydrogens is 378 g/mol. The average Bonchev–Trinajstić information content (AvgIpc) is 2.79. The predicted molar refractivity (Wildman–Crippen MR) is 120 cm³/mol. The molecule has 2 fully saturated rings. The van der Waals surface area contributed by atoms with E-state index < -0.39 is 0 Å². The summed E-state index contributed by atoms with van der Waals surface area (Å²) in [5.41, 5.74) is 1.61. The van der Waals surface area contributed by atoms with Crippen LogP contribution in [0.15, 0.2) is 29.1 Å². The fourth-order valence-electron chi connectivity index (χ4n) is 4.75. The van der Waals surface area contributed by atoms with E-state index in [1.165, 1.54) is 19.3 Å². The molecule has 162 valence electrons. The Labute approximate surface area is 178 Å². The van der Waals surface area contributed by atoms with Gasteiger partial charge in [-0.1, -0.05) is 18.6 Å². The summed E-state index contributed by atoms with van der Waals surface area (Å²) < 4.78 is 1.78. The number of para-hydroxylation sites is 2. The van der Waals surface area contributed by atoms with Crippen molar-refractivity contribution in [3.8, 4) is 0 Å². The molecule has 7 heteroatoms. The maximum absolute atomic E-state index is 13.1. The number of hydrogen-bond acceptors (Lipinski definition) is 5. The molecule has 2 aliphatic rings. The number of carbonyl (C=O) groups is 1. The van der Waals surface area contributed by atoms with E-state index in [2.05, 4.69) is 15.2 Å². The number of piperidine rings is 2. The molecule has 1 atom stereocenters. The fourth-order valence-corrected chi connectivity index (χ4v) is 4.75. The molecule has 2 aromatic rings. The van der Waals surface area contributed by atoms with Gasteiger partial charge in [0.1, 0.15) is 0 Å². The van der Waals surface area contributed by atoms with Gasteiger partial charge in [0, 0.05) is 32.7 Å². The Balaban J connectivity index is 1.43. The van der Waals surface area contributed by atoms with Gasteiger partial charge in [-0.15, -0.1) is 0 Å². The molecule has 4 rings (SSSR count). The van der Waals surface area contributed by atoms with Crippen molar-refractivity contribution in [2.45, 2.75) is 45.6 Å². The second-order valence-corrected chi connectivity index (χ2v) is 8.45. The quantitative estimate of drug-likeness (QED) is 0.789. The van der Waals surface area contributed by atoms with Gasteiger partial charge in [0.05, 0.1) is 17.0 Å². The number of rotatable bonds is 6. The fraction of sp³-hybridized carbons (Fsp3) is 0.609. The van der Waals surface area contributed by atoms with Gasteiger partial charge < -0.3 is 19.7 Å². The second kappa shape index (κ2) is 9.60. The van der Waals surface area contributed by atoms with Crippen LogP contribution < -0.4 is 15.8 Å². The minimum Gasteiger partial charge on any atom is -0.355 e. The first-order valence-corrected chi connectivity index (χ1v) is 11.4. The van der Waals surface area contributed by atoms with Crippen molar-refractivity contribution in [1.82, 2.24) is 19.8 Å². The largest absolute Gasteiger partial charge is 0.355 e. The van der Waals surface area contributed by atoms with E-state index in [4.69, 9.17) is 0 Å². The van der Waals surface area contributed by atoms with E-state index in [0.29, 0.717) is 25.5 Å². The molecule has 2 aliphatic heterocycles. The molecule has 0 radical (unpaired) electrons. The highest BCUT2D eigenvalue weighted by Crippen LogP contribution is 2.22. The zero-order valence-electron chi connectivity index (χ0n) is 18.0. The number of fused-ring (bicyclic) bond motifs is 1. The average molecular weight is 412 g/mol. The Hall–Kier alpha value is -2.41. The Bertz CT molecular complexity index is 935. The molecule has 0 spiro atoms. The maximum atomic E-state index is 13.1. The first kappa shape index (κ1) is 20.8. The minimum absolute atomic E-state index is 0.0673. The summed E-state index contributed by atoms with van der Waals surface area (Å²) in [7, 11) is 0. The molecule has 1 N–H and O–H groups in total. The van der Waals surface area contributed by atoms with Gasteiger partial charge in [-0.05, 0) is 57.8 Å². The first-order chi connectivity index (χ1) is 14.7. The van der Waals surface area contributed by atoms with Crippen LogP contribution in [0.4, 0.5) is 5.82 Å². The van der Waals surface area contributed by atoms with Gasteiger partial charge >= 0.3 is 0 Å². The Morgan fingerprint density at radius 2 is 1.93 bits per heavy atom. The van der Waals surface area contributed by atoms with Crippen LogP contribution in [-0.2, 0) is 11.3 Å². The Morgan fingerprint density at radius 3 is 2.73 bits per heavy atom. The van der Waals surface area contributed by atoms with E-state index in [0.717, 1.165) is 50.1 Å². The van der Waals surface area contributed by atoms with Crippen LogP contribution in [-0.4, -0.2) is 59.6 Å². The number of hydrogen-bond donors (Lipinski definition) is 1. The molecule has 30 heavy (non-hydrogen) atoms. The summed E-state index contributed by atoms with van der Waals surface area (Å²) in [4.78, 5) is 35.0. The Morgan fingerprint density at radius 1 is 1.13 bits per heavy atom. The lowest BCUT2D eigenvalue weighted by Crippen LogP contribution is -2.47. The molecule has 2 saturated heterocycles. The standard InChI is InChI=1S/C23H33N5O2/c1-2-28-20-11-5-4-10-19(20)25-21(23(28)30)27-15-8-9-18(17-27)22(29)24-12-16-26-13-6-3-7-14-26/h4-5,10-11,18H,2-3,6-9,12-17H2,1H3,(H,24,29). The number of benzene rings is 1.